The van der Waals surface area contributed by atoms with Crippen molar-refractivity contribution in [2.45, 2.75) is 70.9 Å². The molecule has 5 nitrogen and oxygen atoms in total. The Balaban J connectivity index is 2.67. The first-order valence-corrected chi connectivity index (χ1v) is 7.65. The molecular weight excluding hydrogens is 256 g/mol. The minimum Gasteiger partial charge on any atom is -0.479 e. The topological polar surface area (TPSA) is 83.6 Å². The van der Waals surface area contributed by atoms with Crippen LogP contribution >= 0.6 is 0 Å². The molecule has 1 rings (SSSR count). The van der Waals surface area contributed by atoms with Gasteiger partial charge in [-0.2, -0.15) is 0 Å². The number of carboxylic acid groups (broad SMARTS) is 1. The number of rotatable bonds is 7. The third-order valence-corrected chi connectivity index (χ3v) is 4.46. The standard InChI is InChI=1S/C15H28N2O3/c1-4-15(14(19)20)9-6-10-17(15)13(18)11(2)7-5-8-12(3)16/h11-12H,4-10,16H2,1-3H3,(H,19,20). The number of hydrogen-bond donors (Lipinski definition) is 2. The maximum atomic E-state index is 12.5. The summed E-state index contributed by atoms with van der Waals surface area (Å²) in [5, 5.41) is 9.50. The Morgan fingerprint density at radius 3 is 2.50 bits per heavy atom. The van der Waals surface area contributed by atoms with Crippen molar-refractivity contribution < 1.29 is 14.7 Å². The SMILES string of the molecule is CCC1(C(=O)O)CCCN1C(=O)C(C)CCCC(C)N. The second-order valence-corrected chi connectivity index (χ2v) is 6.09. The van der Waals surface area contributed by atoms with Gasteiger partial charge >= 0.3 is 5.97 Å². The minimum absolute atomic E-state index is 0.0172. The molecule has 1 heterocycles. The van der Waals surface area contributed by atoms with Crippen molar-refractivity contribution in [1.29, 1.82) is 0 Å². The van der Waals surface area contributed by atoms with Gasteiger partial charge in [-0.15, -0.1) is 0 Å². The summed E-state index contributed by atoms with van der Waals surface area (Å²) in [6.07, 6.45) is 4.40. The molecule has 0 aromatic rings. The maximum Gasteiger partial charge on any atom is 0.329 e. The fourth-order valence-electron chi connectivity index (χ4n) is 3.08. The van der Waals surface area contributed by atoms with E-state index in [1.54, 1.807) is 4.90 Å². The molecule has 1 saturated heterocycles. The van der Waals surface area contributed by atoms with Crippen LogP contribution in [-0.2, 0) is 9.59 Å². The molecule has 20 heavy (non-hydrogen) atoms. The fraction of sp³-hybridized carbons (Fsp3) is 0.867. The van der Waals surface area contributed by atoms with Gasteiger partial charge in [0.05, 0.1) is 0 Å². The first-order chi connectivity index (χ1) is 9.35. The summed E-state index contributed by atoms with van der Waals surface area (Å²) in [6.45, 7) is 6.26. The summed E-state index contributed by atoms with van der Waals surface area (Å²) < 4.78 is 0. The average Bonchev–Trinajstić information content (AvgIpc) is 2.82. The van der Waals surface area contributed by atoms with Crippen LogP contribution in [0.25, 0.3) is 0 Å². The predicted octanol–water partition coefficient (Wildman–Crippen LogP) is 2.00. The number of likely N-dealkylation sites (tertiary alicyclic amines) is 1. The fourth-order valence-corrected chi connectivity index (χ4v) is 3.08. The number of carbonyl (C=O) groups excluding carboxylic acids is 1. The van der Waals surface area contributed by atoms with Crippen LogP contribution < -0.4 is 5.73 Å². The van der Waals surface area contributed by atoms with Crippen LogP contribution in [0, 0.1) is 5.92 Å². The van der Waals surface area contributed by atoms with E-state index in [4.69, 9.17) is 5.73 Å². The van der Waals surface area contributed by atoms with Crippen molar-refractivity contribution in [3.63, 3.8) is 0 Å². The lowest BCUT2D eigenvalue weighted by molar-refractivity contribution is -0.158. The van der Waals surface area contributed by atoms with Gasteiger partial charge in [0.1, 0.15) is 5.54 Å². The van der Waals surface area contributed by atoms with E-state index in [1.165, 1.54) is 0 Å². The summed E-state index contributed by atoms with van der Waals surface area (Å²) in [6, 6.07) is 0.151. The van der Waals surface area contributed by atoms with Crippen molar-refractivity contribution in [3.8, 4) is 0 Å². The van der Waals surface area contributed by atoms with Crippen molar-refractivity contribution in [3.05, 3.63) is 0 Å². The summed E-state index contributed by atoms with van der Waals surface area (Å²) >= 11 is 0. The van der Waals surface area contributed by atoms with E-state index >= 15 is 0 Å². The number of carboxylic acids is 1. The van der Waals surface area contributed by atoms with E-state index in [1.807, 2.05) is 20.8 Å². The second-order valence-electron chi connectivity index (χ2n) is 6.09. The zero-order valence-corrected chi connectivity index (χ0v) is 12.9. The second kappa shape index (κ2) is 7.07. The third-order valence-electron chi connectivity index (χ3n) is 4.46. The molecule has 0 radical (unpaired) electrons. The van der Waals surface area contributed by atoms with E-state index in [2.05, 4.69) is 0 Å². The Morgan fingerprint density at radius 2 is 2.00 bits per heavy atom. The Morgan fingerprint density at radius 1 is 1.35 bits per heavy atom. The lowest BCUT2D eigenvalue weighted by Gasteiger charge is -2.35. The van der Waals surface area contributed by atoms with Crippen molar-refractivity contribution in [1.82, 2.24) is 4.90 Å². The summed E-state index contributed by atoms with van der Waals surface area (Å²) in [5.74, 6) is -1.01. The molecule has 0 aromatic carbocycles. The quantitative estimate of drug-likeness (QED) is 0.749. The summed E-state index contributed by atoms with van der Waals surface area (Å²) in [7, 11) is 0. The molecule has 3 unspecified atom stereocenters. The minimum atomic E-state index is -0.980. The highest BCUT2D eigenvalue weighted by Crippen LogP contribution is 2.34. The van der Waals surface area contributed by atoms with Gasteiger partial charge in [0.2, 0.25) is 5.91 Å². The van der Waals surface area contributed by atoms with Gasteiger partial charge in [-0.3, -0.25) is 4.79 Å². The lowest BCUT2D eigenvalue weighted by Crippen LogP contribution is -2.54. The van der Waals surface area contributed by atoms with Crippen LogP contribution in [0.3, 0.4) is 0 Å². The third kappa shape index (κ3) is 3.51. The van der Waals surface area contributed by atoms with E-state index in [-0.39, 0.29) is 17.9 Å². The first-order valence-electron chi connectivity index (χ1n) is 7.65. The zero-order valence-electron chi connectivity index (χ0n) is 12.9. The Kier molecular flexibility index (Phi) is 5.99. The zero-order chi connectivity index (χ0) is 15.3. The number of aliphatic carboxylic acids is 1. The molecule has 1 amide bonds. The highest BCUT2D eigenvalue weighted by atomic mass is 16.4. The molecule has 116 valence electrons. The van der Waals surface area contributed by atoms with Gasteiger partial charge in [-0.25, -0.2) is 4.79 Å². The van der Waals surface area contributed by atoms with E-state index in [9.17, 15) is 14.7 Å². The molecule has 1 fully saturated rings. The molecule has 0 saturated carbocycles. The van der Waals surface area contributed by atoms with E-state index in [0.29, 0.717) is 19.4 Å². The Labute approximate surface area is 121 Å². The average molecular weight is 284 g/mol. The van der Waals surface area contributed by atoms with Gasteiger partial charge in [0, 0.05) is 18.5 Å². The predicted molar refractivity (Wildman–Crippen MR) is 78.3 cm³/mol. The number of amides is 1. The number of nitrogens with zero attached hydrogens (tertiary/aromatic N) is 1. The van der Waals surface area contributed by atoms with Gasteiger partial charge in [0.25, 0.3) is 0 Å². The number of hydrogen-bond acceptors (Lipinski definition) is 3. The van der Waals surface area contributed by atoms with Gasteiger partial charge in [-0.05, 0) is 39.0 Å². The molecular formula is C15H28N2O3. The molecule has 5 heteroatoms. The van der Waals surface area contributed by atoms with Crippen LogP contribution in [0.4, 0.5) is 0 Å². The maximum absolute atomic E-state index is 12.5. The summed E-state index contributed by atoms with van der Waals surface area (Å²) in [5.41, 5.74) is 4.73. The van der Waals surface area contributed by atoms with Crippen LogP contribution in [-0.4, -0.2) is 40.0 Å². The van der Waals surface area contributed by atoms with Crippen LogP contribution in [0.2, 0.25) is 0 Å². The van der Waals surface area contributed by atoms with E-state index in [0.717, 1.165) is 25.7 Å². The number of carbonyl (C=O) groups is 2. The molecule has 0 bridgehead atoms. The van der Waals surface area contributed by atoms with Crippen molar-refractivity contribution in [2.75, 3.05) is 6.54 Å². The molecule has 0 aromatic heterocycles. The number of nitrogens with two attached hydrogens (primary N) is 1. The van der Waals surface area contributed by atoms with Crippen LogP contribution in [0.5, 0.6) is 0 Å². The molecule has 1 aliphatic heterocycles. The smallest absolute Gasteiger partial charge is 0.329 e. The molecule has 0 spiro atoms. The van der Waals surface area contributed by atoms with Gasteiger partial charge in [0.15, 0.2) is 0 Å². The van der Waals surface area contributed by atoms with Gasteiger partial charge in [-0.1, -0.05) is 20.3 Å². The lowest BCUT2D eigenvalue weighted by atomic mass is 9.91. The highest BCUT2D eigenvalue weighted by Gasteiger charge is 2.49. The largest absolute Gasteiger partial charge is 0.479 e. The highest BCUT2D eigenvalue weighted by molar-refractivity contribution is 5.88. The van der Waals surface area contributed by atoms with Crippen LogP contribution in [0.15, 0.2) is 0 Å². The molecule has 3 N–H and O–H groups in total. The molecule has 3 atom stereocenters. The Bertz CT molecular complexity index is 357. The monoisotopic (exact) mass is 284 g/mol. The summed E-state index contributed by atoms with van der Waals surface area (Å²) in [4.78, 5) is 25.7. The normalized spacial score (nSPS) is 25.5. The van der Waals surface area contributed by atoms with Crippen molar-refractivity contribution in [2.24, 2.45) is 11.7 Å². The molecule has 1 aliphatic rings. The van der Waals surface area contributed by atoms with Crippen molar-refractivity contribution >= 4 is 11.9 Å². The van der Waals surface area contributed by atoms with Gasteiger partial charge < -0.3 is 15.7 Å². The molecule has 0 aliphatic carbocycles. The van der Waals surface area contributed by atoms with Crippen LogP contribution in [0.1, 0.15) is 59.3 Å². The Hall–Kier alpha value is -1.10. The first kappa shape index (κ1) is 17.0. The van der Waals surface area contributed by atoms with E-state index < -0.39 is 11.5 Å².